The Balaban J connectivity index is 3.61. The Labute approximate surface area is 84.3 Å². The van der Waals surface area contributed by atoms with Gasteiger partial charge in [0.1, 0.15) is 5.56 Å². The van der Waals surface area contributed by atoms with E-state index < -0.39 is 22.1 Å². The molecule has 1 rings (SSSR count). The van der Waals surface area contributed by atoms with Crippen molar-refractivity contribution in [3.63, 3.8) is 0 Å². The molecule has 0 aliphatic carbocycles. The fourth-order valence-corrected chi connectivity index (χ4v) is 1.28. The van der Waals surface area contributed by atoms with E-state index in [9.17, 15) is 19.7 Å². The normalized spacial score (nSPS) is 9.67. The lowest BCUT2D eigenvalue weighted by molar-refractivity contribution is -0.385. The molecule has 0 fully saturated rings. The van der Waals surface area contributed by atoms with E-state index >= 15 is 0 Å². The van der Waals surface area contributed by atoms with Crippen molar-refractivity contribution in [3.05, 3.63) is 38.9 Å². The van der Waals surface area contributed by atoms with Gasteiger partial charge in [-0.25, -0.2) is 4.79 Å². The van der Waals surface area contributed by atoms with E-state index in [1.807, 2.05) is 0 Å². The number of nitro groups is 1. The molecular formula is C9H7NO5. The van der Waals surface area contributed by atoms with Crippen molar-refractivity contribution in [2.24, 2.45) is 0 Å². The molecule has 0 spiro atoms. The summed E-state index contributed by atoms with van der Waals surface area (Å²) in [6.07, 6.45) is 0.189. The number of aromatic carboxylic acids is 1. The fourth-order valence-electron chi connectivity index (χ4n) is 1.28. The van der Waals surface area contributed by atoms with Gasteiger partial charge in [0.15, 0.2) is 6.29 Å². The predicted molar refractivity (Wildman–Crippen MR) is 50.2 cm³/mol. The lowest BCUT2D eigenvalue weighted by atomic mass is 10.0. The number of aryl methyl sites for hydroxylation is 1. The molecule has 6 heteroatoms. The van der Waals surface area contributed by atoms with Crippen molar-refractivity contribution in [1.29, 1.82) is 0 Å². The van der Waals surface area contributed by atoms with Crippen LogP contribution in [0, 0.1) is 17.0 Å². The second-order valence-corrected chi connectivity index (χ2v) is 2.87. The van der Waals surface area contributed by atoms with E-state index in [1.165, 1.54) is 13.0 Å². The van der Waals surface area contributed by atoms with Crippen LogP contribution in [-0.4, -0.2) is 22.3 Å². The average Bonchev–Trinajstić information content (AvgIpc) is 2.15. The third-order valence-corrected chi connectivity index (χ3v) is 1.96. The van der Waals surface area contributed by atoms with Crippen LogP contribution < -0.4 is 0 Å². The summed E-state index contributed by atoms with van der Waals surface area (Å²) in [6, 6.07) is 2.42. The molecule has 15 heavy (non-hydrogen) atoms. The van der Waals surface area contributed by atoms with Crippen molar-refractivity contribution in [2.75, 3.05) is 0 Å². The Morgan fingerprint density at radius 2 is 2.13 bits per heavy atom. The molecule has 0 saturated carbocycles. The van der Waals surface area contributed by atoms with Crippen LogP contribution in [0.5, 0.6) is 0 Å². The minimum Gasteiger partial charge on any atom is -0.478 e. The molecule has 0 aliphatic rings. The first-order valence-electron chi connectivity index (χ1n) is 3.95. The van der Waals surface area contributed by atoms with Gasteiger partial charge in [-0.3, -0.25) is 14.9 Å². The van der Waals surface area contributed by atoms with E-state index in [-0.39, 0.29) is 11.8 Å². The summed E-state index contributed by atoms with van der Waals surface area (Å²) in [6.45, 7) is 1.47. The summed E-state index contributed by atoms with van der Waals surface area (Å²) >= 11 is 0. The zero-order chi connectivity index (χ0) is 11.6. The summed E-state index contributed by atoms with van der Waals surface area (Å²) in [5, 5.41) is 19.3. The quantitative estimate of drug-likeness (QED) is 0.461. The van der Waals surface area contributed by atoms with Gasteiger partial charge in [0.2, 0.25) is 0 Å². The molecule has 0 amide bonds. The maximum Gasteiger partial charge on any atom is 0.336 e. The first kappa shape index (κ1) is 10.8. The minimum atomic E-state index is -1.35. The highest BCUT2D eigenvalue weighted by atomic mass is 16.6. The van der Waals surface area contributed by atoms with Crippen molar-refractivity contribution in [3.8, 4) is 0 Å². The zero-order valence-electron chi connectivity index (χ0n) is 7.76. The SMILES string of the molecule is Cc1ccc([N+](=O)[O-])c(C=O)c1C(=O)O. The molecular weight excluding hydrogens is 202 g/mol. The summed E-state index contributed by atoms with van der Waals surface area (Å²) in [7, 11) is 0. The van der Waals surface area contributed by atoms with E-state index in [1.54, 1.807) is 0 Å². The molecule has 0 aromatic heterocycles. The van der Waals surface area contributed by atoms with Crippen LogP contribution >= 0.6 is 0 Å². The van der Waals surface area contributed by atoms with E-state index in [2.05, 4.69) is 0 Å². The highest BCUT2D eigenvalue weighted by Crippen LogP contribution is 2.23. The van der Waals surface area contributed by atoms with Crippen LogP contribution in [0.2, 0.25) is 0 Å². The number of hydrogen-bond acceptors (Lipinski definition) is 4. The molecule has 0 heterocycles. The third-order valence-electron chi connectivity index (χ3n) is 1.96. The first-order valence-corrected chi connectivity index (χ1v) is 3.95. The smallest absolute Gasteiger partial charge is 0.336 e. The first-order chi connectivity index (χ1) is 6.99. The summed E-state index contributed by atoms with van der Waals surface area (Å²) in [5.41, 5.74) is -0.894. The van der Waals surface area contributed by atoms with Gasteiger partial charge in [-0.2, -0.15) is 0 Å². The zero-order valence-corrected chi connectivity index (χ0v) is 7.76. The highest BCUT2D eigenvalue weighted by molar-refractivity contribution is 6.01. The maximum atomic E-state index is 10.8. The van der Waals surface area contributed by atoms with Gasteiger partial charge in [-0.15, -0.1) is 0 Å². The van der Waals surface area contributed by atoms with Crippen molar-refractivity contribution in [2.45, 2.75) is 6.92 Å². The van der Waals surface area contributed by atoms with Gasteiger partial charge >= 0.3 is 5.97 Å². The standard InChI is InChI=1S/C9H7NO5/c1-5-2-3-7(10(14)15)6(4-11)8(5)9(12)13/h2-4H,1H3,(H,12,13). The number of rotatable bonds is 3. The van der Waals surface area contributed by atoms with Gasteiger partial charge < -0.3 is 5.11 Å². The molecule has 0 bridgehead atoms. The fraction of sp³-hybridized carbons (Fsp3) is 0.111. The molecule has 1 aromatic carbocycles. The molecule has 0 unspecified atom stereocenters. The van der Waals surface area contributed by atoms with E-state index in [4.69, 9.17) is 5.11 Å². The van der Waals surface area contributed by atoms with Crippen molar-refractivity contribution < 1.29 is 19.6 Å². The number of nitro benzene ring substituents is 1. The van der Waals surface area contributed by atoms with Gasteiger partial charge in [-0.05, 0) is 12.5 Å². The topological polar surface area (TPSA) is 97.5 Å². The number of carbonyl (C=O) groups is 2. The van der Waals surface area contributed by atoms with Crippen LogP contribution in [0.4, 0.5) is 5.69 Å². The average molecular weight is 209 g/mol. The second-order valence-electron chi connectivity index (χ2n) is 2.87. The number of carbonyl (C=O) groups excluding carboxylic acids is 1. The number of nitrogens with zero attached hydrogens (tertiary/aromatic N) is 1. The van der Waals surface area contributed by atoms with Gasteiger partial charge in [-0.1, -0.05) is 6.07 Å². The summed E-state index contributed by atoms with van der Waals surface area (Å²) in [4.78, 5) is 31.2. The molecule has 78 valence electrons. The Morgan fingerprint density at radius 3 is 2.53 bits per heavy atom. The van der Waals surface area contributed by atoms with Crippen LogP contribution in [-0.2, 0) is 0 Å². The molecule has 0 atom stereocenters. The van der Waals surface area contributed by atoms with E-state index in [0.717, 1.165) is 6.07 Å². The largest absolute Gasteiger partial charge is 0.478 e. The molecule has 1 aromatic rings. The molecule has 1 N–H and O–H groups in total. The Morgan fingerprint density at radius 1 is 1.53 bits per heavy atom. The minimum absolute atomic E-state index is 0.189. The van der Waals surface area contributed by atoms with Crippen molar-refractivity contribution >= 4 is 17.9 Å². The number of hydrogen-bond donors (Lipinski definition) is 1. The maximum absolute atomic E-state index is 10.8. The Kier molecular flexibility index (Phi) is 2.80. The molecule has 0 aliphatic heterocycles. The summed E-state index contributed by atoms with van der Waals surface area (Å²) in [5.74, 6) is -1.35. The molecule has 0 radical (unpaired) electrons. The second kappa shape index (κ2) is 3.87. The number of benzene rings is 1. The lowest BCUT2D eigenvalue weighted by Crippen LogP contribution is -2.07. The Hall–Kier alpha value is -2.24. The third kappa shape index (κ3) is 1.83. The van der Waals surface area contributed by atoms with Crippen LogP contribution in [0.3, 0.4) is 0 Å². The molecule has 6 nitrogen and oxygen atoms in total. The predicted octanol–water partition coefficient (Wildman–Crippen LogP) is 1.41. The molecule has 0 saturated heterocycles. The number of carboxylic acids is 1. The van der Waals surface area contributed by atoms with Gasteiger partial charge in [0.05, 0.1) is 10.5 Å². The lowest BCUT2D eigenvalue weighted by Gasteiger charge is -2.03. The Bertz CT molecular complexity index is 452. The monoisotopic (exact) mass is 209 g/mol. The van der Waals surface area contributed by atoms with Crippen LogP contribution in [0.15, 0.2) is 12.1 Å². The van der Waals surface area contributed by atoms with Crippen LogP contribution in [0.1, 0.15) is 26.3 Å². The van der Waals surface area contributed by atoms with Crippen LogP contribution in [0.25, 0.3) is 0 Å². The number of aldehydes is 1. The van der Waals surface area contributed by atoms with E-state index in [0.29, 0.717) is 5.56 Å². The highest BCUT2D eigenvalue weighted by Gasteiger charge is 2.22. The van der Waals surface area contributed by atoms with Crippen molar-refractivity contribution in [1.82, 2.24) is 0 Å². The number of carboxylic acid groups (broad SMARTS) is 1. The van der Waals surface area contributed by atoms with Gasteiger partial charge in [0, 0.05) is 6.07 Å². The summed E-state index contributed by atoms with van der Waals surface area (Å²) < 4.78 is 0. The van der Waals surface area contributed by atoms with Gasteiger partial charge in [0.25, 0.3) is 5.69 Å².